The predicted octanol–water partition coefficient (Wildman–Crippen LogP) is 1.61. The van der Waals surface area contributed by atoms with Crippen LogP contribution < -0.4 is 4.74 Å². The molecule has 0 saturated heterocycles. The molecule has 2 aromatic rings. The van der Waals surface area contributed by atoms with Crippen molar-refractivity contribution in [2.24, 2.45) is 0 Å². The number of ether oxygens (including phenoxy) is 3. The smallest absolute Gasteiger partial charge is 0.358 e. The van der Waals surface area contributed by atoms with Gasteiger partial charge in [-0.05, 0) is 0 Å². The van der Waals surface area contributed by atoms with Gasteiger partial charge >= 0.3 is 5.97 Å². The van der Waals surface area contributed by atoms with Crippen LogP contribution in [-0.2, 0) is 22.7 Å². The van der Waals surface area contributed by atoms with Gasteiger partial charge in [0.15, 0.2) is 12.5 Å². The Morgan fingerprint density at radius 2 is 2.26 bits per heavy atom. The lowest BCUT2D eigenvalue weighted by molar-refractivity contribution is -0.385. The first-order valence-corrected chi connectivity index (χ1v) is 6.59. The molecule has 0 atom stereocenters. The highest BCUT2D eigenvalue weighted by molar-refractivity contribution is 5.86. The third-order valence-electron chi connectivity index (χ3n) is 3.11. The molecule has 9 heteroatoms. The van der Waals surface area contributed by atoms with Gasteiger partial charge in [-0.3, -0.25) is 15.1 Å². The fraction of sp³-hybridized carbons (Fsp3) is 0.214. The summed E-state index contributed by atoms with van der Waals surface area (Å²) >= 11 is 0. The summed E-state index contributed by atoms with van der Waals surface area (Å²) in [5.41, 5.74) is 0.866. The molecule has 0 radical (unpaired) electrons. The first kappa shape index (κ1) is 14.9. The van der Waals surface area contributed by atoms with Crippen molar-refractivity contribution in [2.45, 2.75) is 13.2 Å². The molecule has 3 rings (SSSR count). The van der Waals surface area contributed by atoms with Crippen molar-refractivity contribution in [3.05, 3.63) is 57.7 Å². The minimum Gasteiger partial charge on any atom is -0.467 e. The Morgan fingerprint density at radius 1 is 1.39 bits per heavy atom. The maximum atomic E-state index is 11.9. The Labute approximate surface area is 130 Å². The summed E-state index contributed by atoms with van der Waals surface area (Å²) in [6, 6.07) is 2.69. The molecule has 1 aliphatic heterocycles. The van der Waals surface area contributed by atoms with Crippen molar-refractivity contribution in [3.8, 4) is 5.75 Å². The minimum atomic E-state index is -0.676. The number of nitrogens with zero attached hydrogens (tertiary/aromatic N) is 3. The number of nitro groups is 1. The average Bonchev–Trinajstić information content (AvgIpc) is 2.59. The Kier molecular flexibility index (Phi) is 4.11. The van der Waals surface area contributed by atoms with Crippen molar-refractivity contribution in [1.29, 1.82) is 0 Å². The zero-order chi connectivity index (χ0) is 16.2. The summed E-state index contributed by atoms with van der Waals surface area (Å²) in [7, 11) is 0. The number of esters is 1. The van der Waals surface area contributed by atoms with Crippen molar-refractivity contribution in [1.82, 2.24) is 9.97 Å². The second-order valence-corrected chi connectivity index (χ2v) is 4.63. The third-order valence-corrected chi connectivity index (χ3v) is 3.11. The zero-order valence-corrected chi connectivity index (χ0v) is 11.8. The van der Waals surface area contributed by atoms with Crippen LogP contribution in [0.3, 0.4) is 0 Å². The van der Waals surface area contributed by atoms with Gasteiger partial charge in [0.1, 0.15) is 12.4 Å². The Hall–Kier alpha value is -3.07. The molecule has 118 valence electrons. The molecule has 1 aromatic carbocycles. The predicted molar refractivity (Wildman–Crippen MR) is 74.5 cm³/mol. The lowest BCUT2D eigenvalue weighted by Crippen LogP contribution is -2.15. The van der Waals surface area contributed by atoms with Crippen LogP contribution in [0.25, 0.3) is 0 Å². The lowest BCUT2D eigenvalue weighted by atomic mass is 10.1. The highest BCUT2D eigenvalue weighted by Gasteiger charge is 2.22. The molecule has 0 bridgehead atoms. The molecule has 1 aromatic heterocycles. The number of carbonyl (C=O) groups excluding carboxylic acids is 1. The van der Waals surface area contributed by atoms with Gasteiger partial charge in [-0.25, -0.2) is 9.78 Å². The Balaban J connectivity index is 1.83. The first-order valence-electron chi connectivity index (χ1n) is 6.59. The van der Waals surface area contributed by atoms with E-state index in [0.717, 1.165) is 0 Å². The molecule has 0 spiro atoms. The van der Waals surface area contributed by atoms with Crippen LogP contribution in [0.4, 0.5) is 5.69 Å². The second kappa shape index (κ2) is 6.36. The SMILES string of the molecule is O=C(OCc1cc([N+](=O)[O-])cc2c1OCOC2)c1cnccn1. The third kappa shape index (κ3) is 3.24. The van der Waals surface area contributed by atoms with Crippen LogP contribution in [0, 0.1) is 10.1 Å². The normalized spacial score (nSPS) is 12.9. The van der Waals surface area contributed by atoms with Gasteiger partial charge < -0.3 is 14.2 Å². The second-order valence-electron chi connectivity index (χ2n) is 4.63. The van der Waals surface area contributed by atoms with Gasteiger partial charge in [-0.15, -0.1) is 0 Å². The van der Waals surface area contributed by atoms with E-state index in [9.17, 15) is 14.9 Å². The monoisotopic (exact) mass is 317 g/mol. The molecule has 0 amide bonds. The summed E-state index contributed by atoms with van der Waals surface area (Å²) in [4.78, 5) is 30.0. The Bertz CT molecular complexity index is 750. The van der Waals surface area contributed by atoms with Gasteiger partial charge in [-0.2, -0.15) is 0 Å². The minimum absolute atomic E-state index is 0.0376. The van der Waals surface area contributed by atoms with Crippen molar-refractivity contribution < 1.29 is 23.9 Å². The molecule has 9 nitrogen and oxygen atoms in total. The van der Waals surface area contributed by atoms with Crippen LogP contribution in [-0.4, -0.2) is 27.7 Å². The van der Waals surface area contributed by atoms with Gasteiger partial charge in [-0.1, -0.05) is 0 Å². The summed E-state index contributed by atoms with van der Waals surface area (Å²) in [5.74, 6) is -0.237. The molecule has 0 fully saturated rings. The van der Waals surface area contributed by atoms with Gasteiger partial charge in [0.05, 0.1) is 17.7 Å². The number of carbonyl (C=O) groups is 1. The van der Waals surface area contributed by atoms with Gasteiger partial charge in [0, 0.05) is 35.7 Å². The summed E-state index contributed by atoms with van der Waals surface area (Å²) in [6.07, 6.45) is 4.07. The number of aromatic nitrogens is 2. The van der Waals surface area contributed by atoms with E-state index in [2.05, 4.69) is 9.97 Å². The summed E-state index contributed by atoms with van der Waals surface area (Å²) in [6.45, 7) is 0.0530. The maximum absolute atomic E-state index is 11.9. The average molecular weight is 317 g/mol. The standard InChI is InChI=1S/C14H11N3O6/c18-14(12-5-15-1-2-16-12)22-7-10-4-11(17(19)20)3-9-6-21-8-23-13(9)10/h1-5H,6-8H2. The van der Waals surface area contributed by atoms with Crippen LogP contribution in [0.1, 0.15) is 21.6 Å². The first-order chi connectivity index (χ1) is 11.1. The van der Waals surface area contributed by atoms with E-state index in [1.807, 2.05) is 0 Å². The number of fused-ring (bicyclic) bond motifs is 1. The molecule has 0 N–H and O–H groups in total. The maximum Gasteiger partial charge on any atom is 0.358 e. The van der Waals surface area contributed by atoms with Crippen molar-refractivity contribution in [3.63, 3.8) is 0 Å². The summed E-state index contributed by atoms with van der Waals surface area (Å²) < 4.78 is 15.6. The number of rotatable bonds is 4. The number of nitro benzene ring substituents is 1. The number of hydrogen-bond donors (Lipinski definition) is 0. The fourth-order valence-corrected chi connectivity index (χ4v) is 2.12. The van der Waals surface area contributed by atoms with E-state index in [-0.39, 0.29) is 31.4 Å². The van der Waals surface area contributed by atoms with Crippen molar-refractivity contribution >= 4 is 11.7 Å². The number of non-ortho nitro benzene ring substituents is 1. The topological polar surface area (TPSA) is 114 Å². The quantitative estimate of drug-likeness (QED) is 0.474. The largest absolute Gasteiger partial charge is 0.467 e. The van der Waals surface area contributed by atoms with E-state index < -0.39 is 10.9 Å². The fourth-order valence-electron chi connectivity index (χ4n) is 2.12. The van der Waals surface area contributed by atoms with Crippen LogP contribution >= 0.6 is 0 Å². The molecule has 0 saturated carbocycles. The molecular formula is C14H11N3O6. The molecule has 2 heterocycles. The van der Waals surface area contributed by atoms with Gasteiger partial charge in [0.2, 0.25) is 0 Å². The zero-order valence-electron chi connectivity index (χ0n) is 11.8. The highest BCUT2D eigenvalue weighted by atomic mass is 16.7. The van der Waals surface area contributed by atoms with E-state index in [1.165, 1.54) is 30.7 Å². The van der Waals surface area contributed by atoms with E-state index >= 15 is 0 Å². The highest BCUT2D eigenvalue weighted by Crippen LogP contribution is 2.33. The van der Waals surface area contributed by atoms with Crippen LogP contribution in [0.15, 0.2) is 30.7 Å². The van der Waals surface area contributed by atoms with Gasteiger partial charge in [0.25, 0.3) is 5.69 Å². The molecule has 0 aliphatic carbocycles. The summed E-state index contributed by atoms with van der Waals surface area (Å²) in [5, 5.41) is 11.0. The lowest BCUT2D eigenvalue weighted by Gasteiger charge is -2.20. The van der Waals surface area contributed by atoms with Crippen molar-refractivity contribution in [2.75, 3.05) is 6.79 Å². The van der Waals surface area contributed by atoms with E-state index in [1.54, 1.807) is 0 Å². The molecule has 23 heavy (non-hydrogen) atoms. The van der Waals surface area contributed by atoms with Crippen LogP contribution in [0.2, 0.25) is 0 Å². The number of benzene rings is 1. The number of hydrogen-bond acceptors (Lipinski definition) is 8. The van der Waals surface area contributed by atoms with Crippen LogP contribution in [0.5, 0.6) is 5.75 Å². The molecule has 1 aliphatic rings. The molecular weight excluding hydrogens is 306 g/mol. The molecule has 0 unspecified atom stereocenters. The van der Waals surface area contributed by atoms with E-state index in [4.69, 9.17) is 14.2 Å². The van der Waals surface area contributed by atoms with E-state index in [0.29, 0.717) is 16.9 Å². The Morgan fingerprint density at radius 3 is 3.00 bits per heavy atom.